The van der Waals surface area contributed by atoms with E-state index in [2.05, 4.69) is 92.8 Å². The molecule has 0 saturated heterocycles. The van der Waals surface area contributed by atoms with Crippen molar-refractivity contribution in [2.75, 3.05) is 0 Å². The van der Waals surface area contributed by atoms with E-state index in [0.29, 0.717) is 16.8 Å². The SMILES string of the molecule is [C-]#[N+]c1ccc(-n2c3ccccc3c3ccccc32)cc1-c1cc(C#N)ccc1-c1ccccc1-n1c2ccccc2c2cc(C#N)ccc21. The van der Waals surface area contributed by atoms with E-state index in [1.54, 1.807) is 0 Å². The largest absolute Gasteiger partial charge is 0.309 e. The molecule has 9 aromatic rings. The van der Waals surface area contributed by atoms with Gasteiger partial charge in [0.1, 0.15) is 0 Å². The van der Waals surface area contributed by atoms with E-state index in [4.69, 9.17) is 6.57 Å². The summed E-state index contributed by atoms with van der Waals surface area (Å²) < 4.78 is 4.49. The molecule has 0 aliphatic heterocycles. The number of rotatable bonds is 4. The van der Waals surface area contributed by atoms with Gasteiger partial charge in [0.05, 0.1) is 57.6 Å². The first-order valence-electron chi connectivity index (χ1n) is 16.3. The Morgan fingerprint density at radius 1 is 0.440 bits per heavy atom. The molecule has 0 N–H and O–H groups in total. The molecule has 50 heavy (non-hydrogen) atoms. The van der Waals surface area contributed by atoms with Crippen LogP contribution in [0.2, 0.25) is 0 Å². The first-order valence-corrected chi connectivity index (χ1v) is 16.3. The Morgan fingerprint density at radius 3 is 1.68 bits per heavy atom. The monoisotopic (exact) mass is 635 g/mol. The van der Waals surface area contributed by atoms with Gasteiger partial charge in [0.25, 0.3) is 0 Å². The van der Waals surface area contributed by atoms with E-state index < -0.39 is 0 Å². The molecule has 230 valence electrons. The Labute approximate surface area is 288 Å². The lowest BCUT2D eigenvalue weighted by Gasteiger charge is -2.19. The van der Waals surface area contributed by atoms with Crippen LogP contribution in [0.3, 0.4) is 0 Å². The van der Waals surface area contributed by atoms with Gasteiger partial charge in [-0.25, -0.2) is 4.85 Å². The minimum Gasteiger partial charge on any atom is -0.309 e. The molecular formula is C45H25N5. The van der Waals surface area contributed by atoms with Crippen LogP contribution in [0.15, 0.2) is 152 Å². The summed E-state index contributed by atoms with van der Waals surface area (Å²) in [4.78, 5) is 3.98. The summed E-state index contributed by atoms with van der Waals surface area (Å²) in [5.41, 5.74) is 11.1. The van der Waals surface area contributed by atoms with E-state index in [9.17, 15) is 10.5 Å². The standard InChI is InChI=1S/C45H25N5/c1-48-40-22-20-31(49-41-14-6-3-11-34(41)35-12-4-7-15-42(35)49)26-38(40)37-24-29(27-46)18-21-32(37)33-10-2-8-16-43(33)50-44-17-9-5-13-36(44)39-25-30(28-47)19-23-45(39)50/h2-26H. The maximum absolute atomic E-state index is 10.1. The smallest absolute Gasteiger partial charge is 0.195 e. The fraction of sp³-hybridized carbons (Fsp3) is 0. The van der Waals surface area contributed by atoms with Crippen LogP contribution in [0.5, 0.6) is 0 Å². The lowest BCUT2D eigenvalue weighted by atomic mass is 9.91. The first-order chi connectivity index (χ1) is 24.7. The molecule has 0 radical (unpaired) electrons. The van der Waals surface area contributed by atoms with Gasteiger partial charge in [-0.15, -0.1) is 0 Å². The van der Waals surface area contributed by atoms with E-state index in [0.717, 1.165) is 77.2 Å². The Morgan fingerprint density at radius 2 is 1.00 bits per heavy atom. The van der Waals surface area contributed by atoms with Gasteiger partial charge in [0.15, 0.2) is 5.69 Å². The molecule has 0 fully saturated rings. The van der Waals surface area contributed by atoms with Gasteiger partial charge in [0.2, 0.25) is 0 Å². The second kappa shape index (κ2) is 11.4. The summed E-state index contributed by atoms with van der Waals surface area (Å²) in [6.45, 7) is 8.21. The van der Waals surface area contributed by atoms with Crippen LogP contribution in [-0.2, 0) is 0 Å². The second-order valence-corrected chi connectivity index (χ2v) is 12.3. The topological polar surface area (TPSA) is 61.8 Å². The van der Waals surface area contributed by atoms with Crippen molar-refractivity contribution in [1.82, 2.24) is 9.13 Å². The van der Waals surface area contributed by atoms with Crippen LogP contribution in [0.4, 0.5) is 5.69 Å². The molecule has 7 aromatic carbocycles. The molecule has 0 amide bonds. The van der Waals surface area contributed by atoms with Crippen molar-refractivity contribution in [2.24, 2.45) is 0 Å². The highest BCUT2D eigenvalue weighted by Crippen LogP contribution is 2.44. The molecule has 0 aliphatic carbocycles. The van der Waals surface area contributed by atoms with E-state index in [-0.39, 0.29) is 0 Å². The molecule has 0 bridgehead atoms. The summed E-state index contributed by atoms with van der Waals surface area (Å²) in [7, 11) is 0. The van der Waals surface area contributed by atoms with Crippen LogP contribution in [0.25, 0.3) is 82.1 Å². The maximum Gasteiger partial charge on any atom is 0.195 e. The normalized spacial score (nSPS) is 11.1. The Bertz CT molecular complexity index is 2920. The lowest BCUT2D eigenvalue weighted by molar-refractivity contribution is 1.18. The van der Waals surface area contributed by atoms with Crippen molar-refractivity contribution in [3.05, 3.63) is 174 Å². The zero-order chi connectivity index (χ0) is 33.8. The summed E-state index contributed by atoms with van der Waals surface area (Å²) in [5, 5.41) is 24.2. The predicted octanol–water partition coefficient (Wildman–Crippen LogP) is 11.5. The molecule has 0 unspecified atom stereocenters. The number of benzene rings is 7. The van der Waals surface area contributed by atoms with Gasteiger partial charge < -0.3 is 9.13 Å². The number of para-hydroxylation sites is 4. The molecule has 0 saturated carbocycles. The van der Waals surface area contributed by atoms with Crippen LogP contribution in [-0.4, -0.2) is 9.13 Å². The van der Waals surface area contributed by atoms with Gasteiger partial charge in [-0.2, -0.15) is 10.5 Å². The summed E-state index contributed by atoms with van der Waals surface area (Å²) in [5.74, 6) is 0. The minimum atomic E-state index is 0.504. The Hall–Kier alpha value is -7.39. The number of nitrogens with zero attached hydrogens (tertiary/aromatic N) is 5. The third-order valence-electron chi connectivity index (χ3n) is 9.61. The predicted molar refractivity (Wildman–Crippen MR) is 202 cm³/mol. The van der Waals surface area contributed by atoms with E-state index >= 15 is 0 Å². The van der Waals surface area contributed by atoms with Crippen LogP contribution in [0, 0.1) is 29.2 Å². The average Bonchev–Trinajstić information content (AvgIpc) is 3.70. The van der Waals surface area contributed by atoms with Crippen molar-refractivity contribution in [3.8, 4) is 45.8 Å². The molecule has 0 aliphatic rings. The zero-order valence-corrected chi connectivity index (χ0v) is 26.7. The van der Waals surface area contributed by atoms with Crippen LogP contribution in [0.1, 0.15) is 11.1 Å². The van der Waals surface area contributed by atoms with Crippen LogP contribution < -0.4 is 0 Å². The van der Waals surface area contributed by atoms with Crippen molar-refractivity contribution < 1.29 is 0 Å². The third-order valence-corrected chi connectivity index (χ3v) is 9.61. The van der Waals surface area contributed by atoms with Gasteiger partial charge in [-0.3, -0.25) is 0 Å². The average molecular weight is 636 g/mol. The highest BCUT2D eigenvalue weighted by atomic mass is 15.0. The van der Waals surface area contributed by atoms with Crippen molar-refractivity contribution in [1.29, 1.82) is 10.5 Å². The highest BCUT2D eigenvalue weighted by molar-refractivity contribution is 6.11. The maximum atomic E-state index is 10.1. The molecular weight excluding hydrogens is 611 g/mol. The zero-order valence-electron chi connectivity index (χ0n) is 26.7. The fourth-order valence-electron chi connectivity index (χ4n) is 7.45. The summed E-state index contributed by atoms with van der Waals surface area (Å²) in [6.07, 6.45) is 0. The molecule has 2 heterocycles. The van der Waals surface area contributed by atoms with Gasteiger partial charge in [0, 0.05) is 32.8 Å². The number of nitriles is 2. The third kappa shape index (κ3) is 4.31. The van der Waals surface area contributed by atoms with Crippen molar-refractivity contribution in [3.63, 3.8) is 0 Å². The lowest BCUT2D eigenvalue weighted by Crippen LogP contribution is -1.99. The Balaban J connectivity index is 1.32. The van der Waals surface area contributed by atoms with Crippen molar-refractivity contribution >= 4 is 49.3 Å². The molecule has 0 spiro atoms. The first kappa shape index (κ1) is 28.8. The van der Waals surface area contributed by atoms with Gasteiger partial charge in [-0.05, 0) is 83.4 Å². The summed E-state index contributed by atoms with van der Waals surface area (Å²) >= 11 is 0. The molecule has 5 heteroatoms. The number of fused-ring (bicyclic) bond motifs is 6. The summed E-state index contributed by atoms with van der Waals surface area (Å²) in [6, 6.07) is 55.4. The van der Waals surface area contributed by atoms with Gasteiger partial charge >= 0.3 is 0 Å². The number of hydrogen-bond acceptors (Lipinski definition) is 2. The quantitative estimate of drug-likeness (QED) is 0.181. The molecule has 5 nitrogen and oxygen atoms in total. The molecule has 9 rings (SSSR count). The molecule has 0 atom stereocenters. The van der Waals surface area contributed by atoms with Gasteiger partial charge in [-0.1, -0.05) is 84.9 Å². The number of aromatic nitrogens is 2. The fourth-order valence-corrected chi connectivity index (χ4v) is 7.45. The van der Waals surface area contributed by atoms with Crippen LogP contribution >= 0.6 is 0 Å². The minimum absolute atomic E-state index is 0.504. The second-order valence-electron chi connectivity index (χ2n) is 12.3. The van der Waals surface area contributed by atoms with E-state index in [1.165, 1.54) is 0 Å². The molecule has 2 aromatic heterocycles. The Kier molecular flexibility index (Phi) is 6.56. The van der Waals surface area contributed by atoms with Crippen molar-refractivity contribution in [2.45, 2.75) is 0 Å². The number of hydrogen-bond donors (Lipinski definition) is 0. The highest BCUT2D eigenvalue weighted by Gasteiger charge is 2.20. The van der Waals surface area contributed by atoms with E-state index in [1.807, 2.05) is 84.9 Å².